The standard InChI is InChI=1S/C24H29N7.HI/c1-18-15-19(2)31(29-18)23-10-9-20(16-27-23)17-28-24(25-3)26-12-6-13-30-14-11-21-7-4-5-8-22(21)30;/h4-5,7-11,14-16H,6,12-13,17H2,1-3H3,(H2,25,26,28);1H. The highest BCUT2D eigenvalue weighted by atomic mass is 127. The van der Waals surface area contributed by atoms with Crippen LogP contribution in [0.3, 0.4) is 0 Å². The molecule has 1 aromatic carbocycles. The van der Waals surface area contributed by atoms with Gasteiger partial charge in [-0.3, -0.25) is 4.99 Å². The molecule has 0 aliphatic rings. The molecule has 0 unspecified atom stereocenters. The highest BCUT2D eigenvalue weighted by Crippen LogP contribution is 2.15. The number of nitrogens with one attached hydrogen (secondary N) is 2. The number of hydrogen-bond donors (Lipinski definition) is 2. The van der Waals surface area contributed by atoms with Gasteiger partial charge in [0.25, 0.3) is 0 Å². The number of pyridine rings is 1. The Morgan fingerprint density at radius 1 is 1.06 bits per heavy atom. The molecule has 0 aliphatic heterocycles. The summed E-state index contributed by atoms with van der Waals surface area (Å²) in [6.45, 7) is 6.50. The minimum atomic E-state index is 0. The molecular weight excluding hydrogens is 513 g/mol. The summed E-state index contributed by atoms with van der Waals surface area (Å²) in [5.41, 5.74) is 4.44. The molecule has 0 aliphatic carbocycles. The van der Waals surface area contributed by atoms with Crippen molar-refractivity contribution in [3.8, 4) is 5.82 Å². The number of aryl methyl sites for hydroxylation is 3. The minimum Gasteiger partial charge on any atom is -0.356 e. The number of nitrogens with zero attached hydrogens (tertiary/aromatic N) is 5. The number of para-hydroxylation sites is 1. The lowest BCUT2D eigenvalue weighted by Gasteiger charge is -2.13. The van der Waals surface area contributed by atoms with Crippen molar-refractivity contribution in [3.63, 3.8) is 0 Å². The maximum absolute atomic E-state index is 4.55. The first-order valence-electron chi connectivity index (χ1n) is 10.6. The van der Waals surface area contributed by atoms with E-state index in [1.165, 1.54) is 10.9 Å². The lowest BCUT2D eigenvalue weighted by atomic mass is 10.2. The summed E-state index contributed by atoms with van der Waals surface area (Å²) in [5.74, 6) is 1.62. The first-order chi connectivity index (χ1) is 15.1. The molecule has 4 rings (SSSR count). The van der Waals surface area contributed by atoms with Crippen molar-refractivity contribution in [2.24, 2.45) is 4.99 Å². The SMILES string of the molecule is CN=C(NCCCn1ccc2ccccc21)NCc1ccc(-n2nc(C)cc2C)nc1.I. The van der Waals surface area contributed by atoms with Gasteiger partial charge in [0.15, 0.2) is 11.8 Å². The van der Waals surface area contributed by atoms with E-state index in [0.29, 0.717) is 6.54 Å². The topological polar surface area (TPSA) is 72.1 Å². The van der Waals surface area contributed by atoms with Crippen LogP contribution >= 0.6 is 24.0 Å². The molecule has 0 fully saturated rings. The molecule has 0 bridgehead atoms. The minimum absolute atomic E-state index is 0. The van der Waals surface area contributed by atoms with Gasteiger partial charge in [-0.2, -0.15) is 5.10 Å². The van der Waals surface area contributed by atoms with Crippen molar-refractivity contribution >= 4 is 40.8 Å². The number of fused-ring (bicyclic) bond motifs is 1. The van der Waals surface area contributed by atoms with Gasteiger partial charge in [0.2, 0.25) is 0 Å². The van der Waals surface area contributed by atoms with Gasteiger partial charge in [-0.15, -0.1) is 24.0 Å². The molecule has 0 radical (unpaired) electrons. The summed E-state index contributed by atoms with van der Waals surface area (Å²) >= 11 is 0. The lowest BCUT2D eigenvalue weighted by Crippen LogP contribution is -2.37. The van der Waals surface area contributed by atoms with E-state index in [0.717, 1.165) is 48.2 Å². The number of aliphatic imine (C=N–C) groups is 1. The van der Waals surface area contributed by atoms with Crippen molar-refractivity contribution < 1.29 is 0 Å². The van der Waals surface area contributed by atoms with E-state index >= 15 is 0 Å². The van der Waals surface area contributed by atoms with Crippen LogP contribution in [0.2, 0.25) is 0 Å². The zero-order valence-corrected chi connectivity index (χ0v) is 21.1. The molecule has 4 aromatic rings. The quantitative estimate of drug-likeness (QED) is 0.159. The van der Waals surface area contributed by atoms with Crippen LogP contribution in [0.4, 0.5) is 0 Å². The van der Waals surface area contributed by atoms with E-state index in [1.54, 1.807) is 7.05 Å². The molecule has 0 amide bonds. The lowest BCUT2D eigenvalue weighted by molar-refractivity contribution is 0.640. The Morgan fingerprint density at radius 2 is 1.91 bits per heavy atom. The third kappa shape index (κ3) is 5.67. The van der Waals surface area contributed by atoms with E-state index in [-0.39, 0.29) is 24.0 Å². The number of hydrogen-bond acceptors (Lipinski definition) is 3. The van der Waals surface area contributed by atoms with Crippen molar-refractivity contribution in [1.29, 1.82) is 0 Å². The molecule has 2 N–H and O–H groups in total. The number of aromatic nitrogens is 4. The van der Waals surface area contributed by atoms with Gasteiger partial charge >= 0.3 is 0 Å². The van der Waals surface area contributed by atoms with E-state index in [9.17, 15) is 0 Å². The van der Waals surface area contributed by atoms with Crippen LogP contribution in [-0.4, -0.2) is 38.9 Å². The average Bonchev–Trinajstić information content (AvgIpc) is 3.36. The highest BCUT2D eigenvalue weighted by Gasteiger charge is 2.05. The summed E-state index contributed by atoms with van der Waals surface area (Å²) in [5, 5.41) is 12.5. The Bertz CT molecular complexity index is 1170. The molecule has 3 heterocycles. The van der Waals surface area contributed by atoms with E-state index < -0.39 is 0 Å². The first kappa shape index (κ1) is 23.8. The summed E-state index contributed by atoms with van der Waals surface area (Å²) in [4.78, 5) is 8.87. The predicted molar refractivity (Wildman–Crippen MR) is 141 cm³/mol. The highest BCUT2D eigenvalue weighted by molar-refractivity contribution is 14.0. The van der Waals surface area contributed by atoms with Crippen LogP contribution in [0.5, 0.6) is 0 Å². The second-order valence-corrected chi connectivity index (χ2v) is 7.64. The second kappa shape index (κ2) is 11.1. The Kier molecular flexibility index (Phi) is 8.26. The molecule has 0 atom stereocenters. The van der Waals surface area contributed by atoms with Crippen molar-refractivity contribution in [2.75, 3.05) is 13.6 Å². The van der Waals surface area contributed by atoms with E-state index in [1.807, 2.05) is 36.9 Å². The summed E-state index contributed by atoms with van der Waals surface area (Å²) in [6.07, 6.45) is 5.04. The first-order valence-corrected chi connectivity index (χ1v) is 10.6. The van der Waals surface area contributed by atoms with Gasteiger partial charge < -0.3 is 15.2 Å². The summed E-state index contributed by atoms with van der Waals surface area (Å²) in [6, 6.07) is 16.7. The van der Waals surface area contributed by atoms with Gasteiger partial charge in [-0.1, -0.05) is 24.3 Å². The predicted octanol–water partition coefficient (Wildman–Crippen LogP) is 4.21. The fraction of sp³-hybridized carbons (Fsp3) is 0.292. The molecule has 0 spiro atoms. The zero-order valence-electron chi connectivity index (χ0n) is 18.7. The molecule has 8 heteroatoms. The van der Waals surface area contributed by atoms with Gasteiger partial charge in [0.1, 0.15) is 0 Å². The smallest absolute Gasteiger partial charge is 0.191 e. The Labute approximate surface area is 206 Å². The maximum Gasteiger partial charge on any atom is 0.191 e. The number of guanidine groups is 1. The molecule has 0 saturated carbocycles. The molecule has 0 saturated heterocycles. The van der Waals surface area contributed by atoms with Crippen LogP contribution in [0.1, 0.15) is 23.4 Å². The fourth-order valence-electron chi connectivity index (χ4n) is 3.71. The van der Waals surface area contributed by atoms with E-state index in [2.05, 4.69) is 72.9 Å². The number of rotatable bonds is 7. The average molecular weight is 543 g/mol. The van der Waals surface area contributed by atoms with Gasteiger partial charge in [-0.25, -0.2) is 9.67 Å². The Morgan fingerprint density at radius 3 is 2.62 bits per heavy atom. The number of benzene rings is 1. The van der Waals surface area contributed by atoms with Crippen molar-refractivity contribution in [1.82, 2.24) is 30.0 Å². The third-order valence-electron chi connectivity index (χ3n) is 5.27. The number of halogens is 1. The van der Waals surface area contributed by atoms with Gasteiger partial charge in [-0.05, 0) is 55.5 Å². The van der Waals surface area contributed by atoms with Crippen LogP contribution in [0.15, 0.2) is 65.9 Å². The van der Waals surface area contributed by atoms with Crippen LogP contribution in [-0.2, 0) is 13.1 Å². The molecule has 32 heavy (non-hydrogen) atoms. The fourth-order valence-corrected chi connectivity index (χ4v) is 3.71. The summed E-state index contributed by atoms with van der Waals surface area (Å²) in [7, 11) is 1.79. The molecular formula is C24H30IN7. The van der Waals surface area contributed by atoms with Crippen molar-refractivity contribution in [2.45, 2.75) is 33.4 Å². The maximum atomic E-state index is 4.55. The van der Waals surface area contributed by atoms with Crippen LogP contribution in [0, 0.1) is 13.8 Å². The normalized spacial score (nSPS) is 11.4. The van der Waals surface area contributed by atoms with Crippen LogP contribution < -0.4 is 10.6 Å². The Balaban J connectivity index is 0.00000289. The van der Waals surface area contributed by atoms with Crippen LogP contribution in [0.25, 0.3) is 16.7 Å². The molecule has 168 valence electrons. The molecule has 3 aromatic heterocycles. The van der Waals surface area contributed by atoms with Gasteiger partial charge in [0, 0.05) is 50.3 Å². The largest absolute Gasteiger partial charge is 0.356 e. The third-order valence-corrected chi connectivity index (χ3v) is 5.27. The van der Waals surface area contributed by atoms with Gasteiger partial charge in [0.05, 0.1) is 5.69 Å². The Hall–Kier alpha value is -2.88. The zero-order chi connectivity index (χ0) is 21.6. The second-order valence-electron chi connectivity index (χ2n) is 7.64. The monoisotopic (exact) mass is 543 g/mol. The van der Waals surface area contributed by atoms with E-state index in [4.69, 9.17) is 0 Å². The van der Waals surface area contributed by atoms with Crippen molar-refractivity contribution in [3.05, 3.63) is 77.9 Å². The molecule has 7 nitrogen and oxygen atoms in total. The summed E-state index contributed by atoms with van der Waals surface area (Å²) < 4.78 is 4.16.